The molecule has 0 radical (unpaired) electrons. The fourth-order valence-electron chi connectivity index (χ4n) is 12.9. The first-order valence-electron chi connectivity index (χ1n) is 39.3. The van der Waals surface area contributed by atoms with Gasteiger partial charge >= 0.3 is 0 Å². The Hall–Kier alpha value is -13.5. The number of methoxy groups -OCH3 is 1. The number of anilines is 5. The quantitative estimate of drug-likeness (QED) is 0.0261. The molecule has 18 nitrogen and oxygen atoms in total. The van der Waals surface area contributed by atoms with E-state index in [1.54, 1.807) is 158 Å². The van der Waals surface area contributed by atoms with Gasteiger partial charge in [0.05, 0.1) is 29.4 Å². The smallest absolute Gasteiger partial charge is 0.226 e. The molecule has 0 atom stereocenters. The molecular formula is C97H93ClF5N9O9. The Labute approximate surface area is 705 Å². The van der Waals surface area contributed by atoms with Crippen molar-refractivity contribution in [3.05, 3.63) is 322 Å². The zero-order valence-corrected chi connectivity index (χ0v) is 69.4. The highest BCUT2D eigenvalue weighted by molar-refractivity contribution is 6.30. The molecule has 0 unspecified atom stereocenters. The van der Waals surface area contributed by atoms with Crippen molar-refractivity contribution in [2.75, 3.05) is 60.6 Å². The van der Waals surface area contributed by atoms with E-state index >= 15 is 0 Å². The van der Waals surface area contributed by atoms with Crippen LogP contribution in [0, 0.1) is 29.2 Å². The van der Waals surface area contributed by atoms with E-state index in [9.17, 15) is 60.3 Å². The van der Waals surface area contributed by atoms with Crippen LogP contribution in [0.25, 0.3) is 44.5 Å². The fraction of sp³-hybridized carbons (Fsp3) is 0.216. The van der Waals surface area contributed by atoms with E-state index in [0.29, 0.717) is 89.6 Å². The second-order valence-corrected chi connectivity index (χ2v) is 28.4. The molecule has 12 aromatic rings. The minimum atomic E-state index is -0.619. The number of Topliss-reactive ketones (excluding diaryl/α,β-unsaturated/α-hetero) is 4. The maximum absolute atomic E-state index is 14.7. The number of benzene rings is 8. The van der Waals surface area contributed by atoms with Gasteiger partial charge in [0.15, 0.2) is 23.1 Å². The highest BCUT2D eigenvalue weighted by Crippen LogP contribution is 2.32. The van der Waals surface area contributed by atoms with Crippen LogP contribution in [0.2, 0.25) is 5.15 Å². The number of rotatable bonds is 29. The number of pyridine rings is 4. The van der Waals surface area contributed by atoms with E-state index in [-0.39, 0.29) is 95.3 Å². The topological polar surface area (TPSA) is 236 Å². The summed E-state index contributed by atoms with van der Waals surface area (Å²) in [6.45, 7) is 7.23. The maximum Gasteiger partial charge on any atom is 0.226 e. The van der Waals surface area contributed by atoms with Gasteiger partial charge in [-0.15, -0.1) is 0 Å². The van der Waals surface area contributed by atoms with E-state index in [1.165, 1.54) is 61.8 Å². The second-order valence-electron chi connectivity index (χ2n) is 28.0. The number of aromatic nitrogens is 4. The SMILES string of the molecule is CCC(=O)N(C)c1ccc(-c2ccc(C(=O)CCc3cccnc3Cl)c(F)c2)cc1.CCC(=O)N(C)c1ccc(-c2ccc(C(=O)CCc3cccnc3F)c(F)c2)cc1.CCC(=O)N(C)c1ccc(-c2ccc(C(=O)CCc3cccnc3N)c(F)c2)cc1.CCC(=O)N(C)c1ccc(-c2ccc(C(=O)CCc3cccnc3OC)c(F)c2)cc1. The van der Waals surface area contributed by atoms with Gasteiger partial charge in [-0.2, -0.15) is 4.39 Å². The second kappa shape index (κ2) is 44.3. The molecule has 4 heterocycles. The lowest BCUT2D eigenvalue weighted by Crippen LogP contribution is -2.24. The zero-order chi connectivity index (χ0) is 87.4. The van der Waals surface area contributed by atoms with Gasteiger partial charge in [0.1, 0.15) is 34.2 Å². The molecule has 0 spiro atoms. The molecule has 24 heteroatoms. The number of ketones is 4. The van der Waals surface area contributed by atoms with Crippen molar-refractivity contribution in [1.82, 2.24) is 19.9 Å². The lowest BCUT2D eigenvalue weighted by molar-refractivity contribution is -0.118. The summed E-state index contributed by atoms with van der Waals surface area (Å²) in [6.07, 6.45) is 9.64. The van der Waals surface area contributed by atoms with Gasteiger partial charge in [0, 0.05) is 138 Å². The first-order chi connectivity index (χ1) is 58.1. The Morgan fingerprint density at radius 1 is 0.331 bits per heavy atom. The van der Waals surface area contributed by atoms with Crippen LogP contribution in [0.1, 0.15) is 143 Å². The monoisotopic (exact) mass is 1660 g/mol. The average molecular weight is 1660 g/mol. The lowest BCUT2D eigenvalue weighted by Gasteiger charge is -2.16. The zero-order valence-electron chi connectivity index (χ0n) is 68.7. The number of aryl methyl sites for hydroxylation is 4. The van der Waals surface area contributed by atoms with Crippen LogP contribution < -0.4 is 30.1 Å². The van der Waals surface area contributed by atoms with Crippen molar-refractivity contribution in [1.29, 1.82) is 0 Å². The van der Waals surface area contributed by atoms with Gasteiger partial charge in [0.25, 0.3) is 0 Å². The molecule has 8 aromatic carbocycles. The maximum atomic E-state index is 14.7. The standard InChI is InChI=1S/C25H25FN2O3.C24H22ClFN2O2.C24H22F2N2O2.C24H24FN3O2/c1-4-24(30)28(2)20-11-7-17(8-12-20)19-9-13-21(22(26)16-19)23(29)14-10-18-6-5-15-27-25(18)31-3;1-3-23(30)28(2)19-10-6-16(7-11-19)18-8-12-20(21(26)15-18)22(29)13-9-17-5-4-14-27-24(17)25;2*1-3-23(30)28(2)19-10-6-16(7-11-19)18-8-12-20(21(25)15-18)22(29)13-9-17-5-4-14-27-24(17)26/h5-9,11-13,15-16H,4,10,14H2,1-3H3;2*4-8,10-12,14-15H,3,9,13H2,1-2H3;4-8,10-12,14-15H,3,9,13H2,1-2H3,(H2,26,27). The van der Waals surface area contributed by atoms with Crippen molar-refractivity contribution >= 4 is 86.9 Å². The molecule has 0 saturated heterocycles. The van der Waals surface area contributed by atoms with E-state index < -0.39 is 35.0 Å². The highest BCUT2D eigenvalue weighted by Gasteiger charge is 2.22. The number of hydrogen-bond donors (Lipinski definition) is 1. The van der Waals surface area contributed by atoms with Crippen molar-refractivity contribution in [2.24, 2.45) is 0 Å². The van der Waals surface area contributed by atoms with Gasteiger partial charge in [-0.3, -0.25) is 38.4 Å². The number of nitrogen functional groups attached to an aromatic ring is 1. The van der Waals surface area contributed by atoms with Crippen LogP contribution in [0.15, 0.2) is 243 Å². The summed E-state index contributed by atoms with van der Waals surface area (Å²) in [7, 11) is 8.40. The van der Waals surface area contributed by atoms with Crippen molar-refractivity contribution in [3.8, 4) is 50.4 Å². The highest BCUT2D eigenvalue weighted by atomic mass is 35.5. The predicted octanol–water partition coefficient (Wildman–Crippen LogP) is 20.7. The Kier molecular flexibility index (Phi) is 33.5. The van der Waals surface area contributed by atoms with Gasteiger partial charge in [0.2, 0.25) is 35.5 Å². The summed E-state index contributed by atoms with van der Waals surface area (Å²) in [5.41, 5.74) is 17.5. The lowest BCUT2D eigenvalue weighted by atomic mass is 9.98. The van der Waals surface area contributed by atoms with Crippen LogP contribution in [0.4, 0.5) is 50.5 Å². The Bertz CT molecular complexity index is 5250. The number of hydrogen-bond acceptors (Lipinski definition) is 14. The van der Waals surface area contributed by atoms with Crippen LogP contribution in [-0.4, -0.2) is 102 Å². The van der Waals surface area contributed by atoms with E-state index in [2.05, 4.69) is 19.9 Å². The Morgan fingerprint density at radius 2 is 0.587 bits per heavy atom. The van der Waals surface area contributed by atoms with Crippen molar-refractivity contribution in [2.45, 2.75) is 105 Å². The van der Waals surface area contributed by atoms with Crippen LogP contribution in [-0.2, 0) is 44.9 Å². The largest absolute Gasteiger partial charge is 0.481 e. The minimum absolute atomic E-state index is 0.00262. The van der Waals surface area contributed by atoms with Crippen molar-refractivity contribution in [3.63, 3.8) is 0 Å². The van der Waals surface area contributed by atoms with Crippen LogP contribution >= 0.6 is 11.6 Å². The summed E-state index contributed by atoms with van der Waals surface area (Å²) < 4.78 is 77.4. The predicted molar refractivity (Wildman–Crippen MR) is 466 cm³/mol. The molecule has 121 heavy (non-hydrogen) atoms. The van der Waals surface area contributed by atoms with Crippen LogP contribution in [0.3, 0.4) is 0 Å². The number of nitrogens with zero attached hydrogens (tertiary/aromatic N) is 8. The third-order valence-electron chi connectivity index (χ3n) is 20.3. The van der Waals surface area contributed by atoms with E-state index in [1.807, 2.05) is 106 Å². The molecule has 4 aromatic heterocycles. The molecule has 0 fully saturated rings. The molecule has 2 N–H and O–H groups in total. The summed E-state index contributed by atoms with van der Waals surface area (Å²) in [5.74, 6) is -3.21. The number of nitrogens with two attached hydrogens (primary N) is 1. The van der Waals surface area contributed by atoms with Crippen molar-refractivity contribution < 1.29 is 65.0 Å². The number of amides is 4. The summed E-state index contributed by atoms with van der Waals surface area (Å²) in [4.78, 5) is 119. The number of carbonyl (C=O) groups is 8. The molecule has 0 aliphatic rings. The first kappa shape index (κ1) is 91.4. The summed E-state index contributed by atoms with van der Waals surface area (Å²) in [6, 6.07) is 61.2. The number of ether oxygens (including phenoxy) is 1. The van der Waals surface area contributed by atoms with Gasteiger partial charge in [-0.25, -0.2) is 37.5 Å². The Morgan fingerprint density at radius 3 is 0.876 bits per heavy atom. The third kappa shape index (κ3) is 24.8. The minimum Gasteiger partial charge on any atom is -0.481 e. The van der Waals surface area contributed by atoms with Gasteiger partial charge in [-0.05, 0) is 203 Å². The summed E-state index contributed by atoms with van der Waals surface area (Å²) in [5, 5.41) is 0.357. The third-order valence-corrected chi connectivity index (χ3v) is 20.6. The molecule has 0 aliphatic carbocycles. The van der Waals surface area contributed by atoms with Crippen LogP contribution in [0.5, 0.6) is 5.88 Å². The molecule has 0 saturated carbocycles. The normalized spacial score (nSPS) is 10.6. The molecule has 0 bridgehead atoms. The average Bonchev–Trinajstić information content (AvgIpc) is 0.829. The van der Waals surface area contributed by atoms with E-state index in [4.69, 9.17) is 22.1 Å². The summed E-state index contributed by atoms with van der Waals surface area (Å²) >= 11 is 6.01. The molecule has 12 rings (SSSR count). The van der Waals surface area contributed by atoms with Gasteiger partial charge < -0.3 is 30.1 Å². The van der Waals surface area contributed by atoms with E-state index in [0.717, 1.165) is 61.7 Å². The molecule has 4 amide bonds. The molecule has 0 aliphatic heterocycles. The fourth-order valence-corrected chi connectivity index (χ4v) is 13.1. The molecular weight excluding hydrogens is 1570 g/mol. The molecule has 622 valence electrons. The first-order valence-corrected chi connectivity index (χ1v) is 39.7. The van der Waals surface area contributed by atoms with Gasteiger partial charge in [-0.1, -0.05) is 136 Å². The number of carbonyl (C=O) groups excluding carboxylic acids is 8. The number of halogens is 6. The Balaban J connectivity index is 0.000000183.